The number of hydrogen-bond acceptors (Lipinski definition) is 3. The first-order valence-corrected chi connectivity index (χ1v) is 5.65. The average Bonchev–Trinajstić information content (AvgIpc) is 2.29. The van der Waals surface area contributed by atoms with E-state index in [-0.39, 0.29) is 6.10 Å². The maximum absolute atomic E-state index is 9.19. The van der Waals surface area contributed by atoms with E-state index in [1.165, 1.54) is 12.8 Å². The summed E-state index contributed by atoms with van der Waals surface area (Å²) in [4.78, 5) is 2.32. The van der Waals surface area contributed by atoms with Gasteiger partial charge in [-0.3, -0.25) is 4.90 Å². The quantitative estimate of drug-likeness (QED) is 0.676. The van der Waals surface area contributed by atoms with Gasteiger partial charge in [-0.1, -0.05) is 13.8 Å². The van der Waals surface area contributed by atoms with Gasteiger partial charge in [0.05, 0.1) is 6.10 Å². The Morgan fingerprint density at radius 3 is 2.50 bits per heavy atom. The van der Waals surface area contributed by atoms with E-state index in [4.69, 9.17) is 5.73 Å². The van der Waals surface area contributed by atoms with Crippen LogP contribution < -0.4 is 5.73 Å². The largest absolute Gasteiger partial charge is 0.390 e. The van der Waals surface area contributed by atoms with Crippen molar-refractivity contribution in [2.24, 2.45) is 17.1 Å². The van der Waals surface area contributed by atoms with Crippen molar-refractivity contribution in [3.8, 4) is 0 Å². The molecule has 1 aliphatic heterocycles. The zero-order chi connectivity index (χ0) is 10.3. The fourth-order valence-electron chi connectivity index (χ4n) is 2.77. The van der Waals surface area contributed by atoms with Gasteiger partial charge in [0.15, 0.2) is 0 Å². The van der Waals surface area contributed by atoms with Crippen molar-refractivity contribution in [1.29, 1.82) is 0 Å². The minimum atomic E-state index is -0.0827. The Morgan fingerprint density at radius 1 is 1.43 bits per heavy atom. The van der Waals surface area contributed by atoms with E-state index < -0.39 is 0 Å². The number of aliphatic hydroxyl groups excluding tert-OH is 1. The van der Waals surface area contributed by atoms with E-state index in [1.807, 2.05) is 0 Å². The van der Waals surface area contributed by atoms with Gasteiger partial charge in [-0.05, 0) is 24.2 Å². The van der Waals surface area contributed by atoms with Crippen LogP contribution in [0.15, 0.2) is 0 Å². The lowest BCUT2D eigenvalue weighted by Crippen LogP contribution is -2.54. The summed E-state index contributed by atoms with van der Waals surface area (Å²) in [5.41, 5.74) is 6.54. The topological polar surface area (TPSA) is 49.5 Å². The van der Waals surface area contributed by atoms with E-state index in [9.17, 15) is 5.11 Å². The van der Waals surface area contributed by atoms with E-state index in [2.05, 4.69) is 18.7 Å². The molecular formula is C11H22N2O. The van der Waals surface area contributed by atoms with Gasteiger partial charge in [-0.15, -0.1) is 0 Å². The molecule has 0 aromatic carbocycles. The second-order valence-corrected chi connectivity index (χ2v) is 5.69. The maximum Gasteiger partial charge on any atom is 0.0793 e. The molecule has 3 heteroatoms. The van der Waals surface area contributed by atoms with Crippen LogP contribution in [0.1, 0.15) is 26.7 Å². The summed E-state index contributed by atoms with van der Waals surface area (Å²) in [6, 6.07) is 0.334. The predicted octanol–water partition coefficient (Wildman–Crippen LogP) is 0.426. The first-order chi connectivity index (χ1) is 6.49. The van der Waals surface area contributed by atoms with Gasteiger partial charge >= 0.3 is 0 Å². The SMILES string of the molecule is CC1(C)CCC(CN2CC(O)C2)C1N. The first kappa shape index (κ1) is 10.4. The summed E-state index contributed by atoms with van der Waals surface area (Å²) in [6.07, 6.45) is 2.41. The number of aliphatic hydroxyl groups is 1. The van der Waals surface area contributed by atoms with Crippen LogP contribution in [0.5, 0.6) is 0 Å². The van der Waals surface area contributed by atoms with Crippen molar-refractivity contribution in [3.05, 3.63) is 0 Å². The van der Waals surface area contributed by atoms with Crippen LogP contribution in [0, 0.1) is 11.3 Å². The molecule has 2 aliphatic rings. The zero-order valence-corrected chi connectivity index (χ0v) is 9.24. The molecule has 2 rings (SSSR count). The lowest BCUT2D eigenvalue weighted by molar-refractivity contribution is -0.00819. The number of nitrogens with zero attached hydrogens (tertiary/aromatic N) is 1. The lowest BCUT2D eigenvalue weighted by atomic mass is 9.85. The molecule has 0 spiro atoms. The molecule has 0 aromatic rings. The van der Waals surface area contributed by atoms with Gasteiger partial charge in [-0.25, -0.2) is 0 Å². The molecule has 0 aromatic heterocycles. The van der Waals surface area contributed by atoms with Crippen LogP contribution in [0.25, 0.3) is 0 Å². The molecule has 1 aliphatic carbocycles. The number of rotatable bonds is 2. The Morgan fingerprint density at radius 2 is 2.07 bits per heavy atom. The standard InChI is InChI=1S/C11H22N2O/c1-11(2)4-3-8(10(11)12)5-13-6-9(14)7-13/h8-10,14H,3-7,12H2,1-2H3. The molecule has 2 fully saturated rings. The van der Waals surface area contributed by atoms with Crippen molar-refractivity contribution in [2.75, 3.05) is 19.6 Å². The molecule has 2 unspecified atom stereocenters. The van der Waals surface area contributed by atoms with E-state index in [0.29, 0.717) is 17.4 Å². The van der Waals surface area contributed by atoms with Gasteiger partial charge in [-0.2, -0.15) is 0 Å². The summed E-state index contributed by atoms with van der Waals surface area (Å²) < 4.78 is 0. The molecule has 82 valence electrons. The number of likely N-dealkylation sites (tertiary alicyclic amines) is 1. The number of nitrogens with two attached hydrogens (primary N) is 1. The van der Waals surface area contributed by atoms with E-state index in [0.717, 1.165) is 19.6 Å². The number of hydrogen-bond donors (Lipinski definition) is 2. The Kier molecular flexibility index (Phi) is 2.58. The highest BCUT2D eigenvalue weighted by Crippen LogP contribution is 2.40. The highest BCUT2D eigenvalue weighted by Gasteiger charge is 2.41. The first-order valence-electron chi connectivity index (χ1n) is 5.65. The minimum absolute atomic E-state index is 0.0827. The fourth-order valence-corrected chi connectivity index (χ4v) is 2.77. The van der Waals surface area contributed by atoms with Crippen LogP contribution in [-0.2, 0) is 0 Å². The molecular weight excluding hydrogens is 176 g/mol. The highest BCUT2D eigenvalue weighted by atomic mass is 16.3. The molecule has 1 saturated carbocycles. The summed E-state index contributed by atoms with van der Waals surface area (Å²) in [6.45, 7) is 7.32. The van der Waals surface area contributed by atoms with E-state index >= 15 is 0 Å². The van der Waals surface area contributed by atoms with Crippen LogP contribution in [0.2, 0.25) is 0 Å². The molecule has 2 atom stereocenters. The van der Waals surface area contributed by atoms with Crippen molar-refractivity contribution < 1.29 is 5.11 Å². The Hall–Kier alpha value is -0.120. The van der Waals surface area contributed by atoms with Gasteiger partial charge in [0, 0.05) is 25.7 Å². The van der Waals surface area contributed by atoms with Crippen LogP contribution in [-0.4, -0.2) is 41.8 Å². The van der Waals surface area contributed by atoms with Crippen LogP contribution in [0.4, 0.5) is 0 Å². The molecule has 0 radical (unpaired) electrons. The van der Waals surface area contributed by atoms with Crippen molar-refractivity contribution in [2.45, 2.75) is 38.8 Å². The monoisotopic (exact) mass is 198 g/mol. The van der Waals surface area contributed by atoms with Crippen LogP contribution in [0.3, 0.4) is 0 Å². The summed E-state index contributed by atoms with van der Waals surface area (Å²) in [5.74, 6) is 0.637. The van der Waals surface area contributed by atoms with Crippen LogP contribution >= 0.6 is 0 Å². The third-order valence-electron chi connectivity index (χ3n) is 4.00. The zero-order valence-electron chi connectivity index (χ0n) is 9.24. The van der Waals surface area contributed by atoms with Gasteiger partial charge in [0.2, 0.25) is 0 Å². The predicted molar refractivity (Wildman–Crippen MR) is 56.9 cm³/mol. The maximum atomic E-state index is 9.19. The third kappa shape index (κ3) is 1.81. The van der Waals surface area contributed by atoms with Crippen molar-refractivity contribution in [1.82, 2.24) is 4.90 Å². The second kappa shape index (κ2) is 3.47. The minimum Gasteiger partial charge on any atom is -0.390 e. The molecule has 3 N–H and O–H groups in total. The summed E-state index contributed by atoms with van der Waals surface area (Å²) in [7, 11) is 0. The fraction of sp³-hybridized carbons (Fsp3) is 1.00. The second-order valence-electron chi connectivity index (χ2n) is 5.69. The van der Waals surface area contributed by atoms with E-state index in [1.54, 1.807) is 0 Å². The molecule has 1 saturated heterocycles. The average molecular weight is 198 g/mol. The van der Waals surface area contributed by atoms with Gasteiger partial charge in [0.1, 0.15) is 0 Å². The van der Waals surface area contributed by atoms with Gasteiger partial charge < -0.3 is 10.8 Å². The molecule has 3 nitrogen and oxygen atoms in total. The Labute approximate surface area is 86.3 Å². The lowest BCUT2D eigenvalue weighted by Gasteiger charge is -2.39. The normalized spacial score (nSPS) is 38.6. The molecule has 1 heterocycles. The molecule has 0 amide bonds. The van der Waals surface area contributed by atoms with Crippen molar-refractivity contribution in [3.63, 3.8) is 0 Å². The smallest absolute Gasteiger partial charge is 0.0793 e. The highest BCUT2D eigenvalue weighted by molar-refractivity contribution is 4.96. The Bertz CT molecular complexity index is 211. The number of β-amino-alcohol motifs (C(OH)–C–C–N with tert-alkyl or cyclic N) is 1. The van der Waals surface area contributed by atoms with Crippen molar-refractivity contribution >= 4 is 0 Å². The Balaban J connectivity index is 1.82. The third-order valence-corrected chi connectivity index (χ3v) is 4.00. The molecule has 0 bridgehead atoms. The summed E-state index contributed by atoms with van der Waals surface area (Å²) in [5, 5.41) is 9.19. The van der Waals surface area contributed by atoms with Gasteiger partial charge in [0.25, 0.3) is 0 Å². The molecule has 14 heavy (non-hydrogen) atoms. The summed E-state index contributed by atoms with van der Waals surface area (Å²) >= 11 is 0.